The first-order valence-electron chi connectivity index (χ1n) is 5.95. The van der Waals surface area contributed by atoms with Crippen molar-refractivity contribution < 1.29 is 13.9 Å². The average Bonchev–Trinajstić information content (AvgIpc) is 2.97. The maximum absolute atomic E-state index is 12.1. The number of furan rings is 1. The molecule has 18 heavy (non-hydrogen) atoms. The Bertz CT molecular complexity index is 421. The van der Waals surface area contributed by atoms with Crippen molar-refractivity contribution in [3.8, 4) is 0 Å². The van der Waals surface area contributed by atoms with E-state index < -0.39 is 0 Å². The lowest BCUT2D eigenvalue weighted by Gasteiger charge is -2.20. The van der Waals surface area contributed by atoms with Crippen molar-refractivity contribution in [1.82, 2.24) is 4.90 Å². The summed E-state index contributed by atoms with van der Waals surface area (Å²) in [4.78, 5) is 13.7. The summed E-state index contributed by atoms with van der Waals surface area (Å²) in [6.07, 6.45) is 1.26. The highest BCUT2D eigenvalue weighted by molar-refractivity contribution is 9.10. The summed E-state index contributed by atoms with van der Waals surface area (Å²) < 4.78 is 11.6. The van der Waals surface area contributed by atoms with Gasteiger partial charge in [0.1, 0.15) is 11.9 Å². The fourth-order valence-corrected chi connectivity index (χ4v) is 2.40. The molecular formula is C12H17BrN2O3. The van der Waals surface area contributed by atoms with Crippen molar-refractivity contribution in [2.75, 3.05) is 13.6 Å². The van der Waals surface area contributed by atoms with Crippen molar-refractivity contribution in [2.45, 2.75) is 31.6 Å². The summed E-state index contributed by atoms with van der Waals surface area (Å²) in [5, 5.41) is 0. The van der Waals surface area contributed by atoms with Crippen LogP contribution in [0.1, 0.15) is 18.6 Å². The van der Waals surface area contributed by atoms with Crippen molar-refractivity contribution >= 4 is 21.8 Å². The maximum atomic E-state index is 12.1. The number of nitrogens with two attached hydrogens (primary N) is 1. The van der Waals surface area contributed by atoms with Gasteiger partial charge in [-0.15, -0.1) is 0 Å². The number of rotatable bonds is 4. The Morgan fingerprint density at radius 3 is 2.89 bits per heavy atom. The number of carbonyl (C=O) groups is 1. The summed E-state index contributed by atoms with van der Waals surface area (Å²) in [5.41, 5.74) is 5.53. The van der Waals surface area contributed by atoms with Crippen molar-refractivity contribution in [2.24, 2.45) is 5.73 Å². The molecule has 1 aromatic heterocycles. The largest absolute Gasteiger partial charge is 0.452 e. The molecule has 0 saturated carbocycles. The second-order valence-electron chi connectivity index (χ2n) is 4.46. The van der Waals surface area contributed by atoms with Gasteiger partial charge in [0, 0.05) is 13.6 Å². The van der Waals surface area contributed by atoms with Crippen LogP contribution in [0.4, 0.5) is 0 Å². The monoisotopic (exact) mass is 316 g/mol. The second kappa shape index (κ2) is 5.86. The van der Waals surface area contributed by atoms with E-state index in [-0.39, 0.29) is 18.1 Å². The Morgan fingerprint density at radius 2 is 2.33 bits per heavy atom. The molecule has 0 spiro atoms. The number of ether oxygens (including phenoxy) is 1. The zero-order valence-electron chi connectivity index (χ0n) is 10.3. The van der Waals surface area contributed by atoms with Crippen LogP contribution in [0.25, 0.3) is 0 Å². The molecule has 1 aliphatic rings. The Morgan fingerprint density at radius 1 is 1.56 bits per heavy atom. The molecule has 1 aliphatic heterocycles. The van der Waals surface area contributed by atoms with Gasteiger partial charge in [0.25, 0.3) is 5.91 Å². The molecule has 0 radical (unpaired) electrons. The molecule has 100 valence electrons. The number of hydrogen-bond acceptors (Lipinski definition) is 4. The molecule has 6 heteroatoms. The van der Waals surface area contributed by atoms with Crippen molar-refractivity contribution in [3.05, 3.63) is 22.6 Å². The average molecular weight is 317 g/mol. The molecule has 0 aliphatic carbocycles. The van der Waals surface area contributed by atoms with Gasteiger partial charge in [-0.3, -0.25) is 4.79 Å². The van der Waals surface area contributed by atoms with Crippen LogP contribution in [-0.2, 0) is 16.1 Å². The fourth-order valence-electron chi connectivity index (χ4n) is 2.05. The van der Waals surface area contributed by atoms with Gasteiger partial charge in [0.05, 0.1) is 12.6 Å². The highest BCUT2D eigenvalue weighted by Gasteiger charge is 2.31. The molecule has 5 nitrogen and oxygen atoms in total. The van der Waals surface area contributed by atoms with Crippen molar-refractivity contribution in [1.29, 1.82) is 0 Å². The van der Waals surface area contributed by atoms with Crippen LogP contribution in [0.3, 0.4) is 0 Å². The van der Waals surface area contributed by atoms with Crippen LogP contribution in [0.2, 0.25) is 0 Å². The van der Waals surface area contributed by atoms with E-state index >= 15 is 0 Å². The number of likely N-dealkylation sites (N-methyl/N-ethyl adjacent to an activating group) is 1. The molecule has 1 fully saturated rings. The molecule has 0 bridgehead atoms. The van der Waals surface area contributed by atoms with Crippen LogP contribution < -0.4 is 5.73 Å². The third kappa shape index (κ3) is 3.13. The Kier molecular flexibility index (Phi) is 4.42. The van der Waals surface area contributed by atoms with Gasteiger partial charge in [-0.25, -0.2) is 0 Å². The Balaban J connectivity index is 1.89. The van der Waals surface area contributed by atoms with Crippen LogP contribution in [0.5, 0.6) is 0 Å². The van der Waals surface area contributed by atoms with E-state index in [2.05, 4.69) is 15.9 Å². The zero-order valence-corrected chi connectivity index (χ0v) is 11.9. The Hall–Kier alpha value is -0.850. The maximum Gasteiger partial charge on any atom is 0.251 e. The molecule has 2 unspecified atom stereocenters. The van der Waals surface area contributed by atoms with Gasteiger partial charge in [0.15, 0.2) is 4.67 Å². The van der Waals surface area contributed by atoms with Gasteiger partial charge in [-0.05, 0) is 40.9 Å². The first-order chi connectivity index (χ1) is 8.60. The molecule has 1 aromatic rings. The highest BCUT2D eigenvalue weighted by Crippen LogP contribution is 2.21. The summed E-state index contributed by atoms with van der Waals surface area (Å²) in [7, 11) is 1.75. The lowest BCUT2D eigenvalue weighted by atomic mass is 10.2. The van der Waals surface area contributed by atoms with Crippen molar-refractivity contribution in [3.63, 3.8) is 0 Å². The molecule has 2 rings (SSSR count). The summed E-state index contributed by atoms with van der Waals surface area (Å²) in [6.45, 7) is 0.913. The predicted octanol–water partition coefficient (Wildman–Crippen LogP) is 1.51. The SMILES string of the molecule is CN(Cc1ccc(Br)o1)C(=O)C1CCC(CN)O1. The van der Waals surface area contributed by atoms with Gasteiger partial charge < -0.3 is 19.8 Å². The third-order valence-corrected chi connectivity index (χ3v) is 3.47. The molecule has 1 amide bonds. The molecule has 2 N–H and O–H groups in total. The number of amides is 1. The molecule has 2 heterocycles. The molecule has 0 aromatic carbocycles. The van der Waals surface area contributed by atoms with E-state index in [1.807, 2.05) is 12.1 Å². The zero-order chi connectivity index (χ0) is 13.1. The van der Waals surface area contributed by atoms with E-state index in [4.69, 9.17) is 14.9 Å². The topological polar surface area (TPSA) is 68.7 Å². The lowest BCUT2D eigenvalue weighted by Crippen LogP contribution is -2.36. The number of hydrogen-bond donors (Lipinski definition) is 1. The van der Waals surface area contributed by atoms with Gasteiger partial charge in [0.2, 0.25) is 0 Å². The minimum atomic E-state index is -0.359. The summed E-state index contributed by atoms with van der Waals surface area (Å²) in [6, 6.07) is 3.65. The smallest absolute Gasteiger partial charge is 0.251 e. The number of carbonyl (C=O) groups excluding carboxylic acids is 1. The molecule has 1 saturated heterocycles. The van der Waals surface area contributed by atoms with Crippen LogP contribution >= 0.6 is 15.9 Å². The van der Waals surface area contributed by atoms with Gasteiger partial charge in [-0.2, -0.15) is 0 Å². The third-order valence-electron chi connectivity index (χ3n) is 3.04. The normalized spacial score (nSPS) is 23.3. The highest BCUT2D eigenvalue weighted by atomic mass is 79.9. The van der Waals surface area contributed by atoms with Crippen LogP contribution in [0.15, 0.2) is 21.2 Å². The minimum absolute atomic E-state index is 0.0153. The lowest BCUT2D eigenvalue weighted by molar-refractivity contribution is -0.142. The van der Waals surface area contributed by atoms with Gasteiger partial charge >= 0.3 is 0 Å². The quantitative estimate of drug-likeness (QED) is 0.914. The van der Waals surface area contributed by atoms with E-state index in [0.717, 1.165) is 18.6 Å². The van der Waals surface area contributed by atoms with E-state index in [1.165, 1.54) is 0 Å². The van der Waals surface area contributed by atoms with E-state index in [0.29, 0.717) is 17.8 Å². The Labute approximate surface area is 114 Å². The minimum Gasteiger partial charge on any atom is -0.452 e. The van der Waals surface area contributed by atoms with E-state index in [1.54, 1.807) is 11.9 Å². The molecule has 2 atom stereocenters. The summed E-state index contributed by atoms with van der Waals surface area (Å²) in [5.74, 6) is 0.726. The standard InChI is InChI=1S/C12H17BrN2O3/c1-15(7-9-3-5-11(13)18-9)12(16)10-4-2-8(6-14)17-10/h3,5,8,10H,2,4,6-7,14H2,1H3. The molecular weight excluding hydrogens is 300 g/mol. The fraction of sp³-hybridized carbons (Fsp3) is 0.583. The number of nitrogens with zero attached hydrogens (tertiary/aromatic N) is 1. The van der Waals surface area contributed by atoms with Gasteiger partial charge in [-0.1, -0.05) is 0 Å². The van der Waals surface area contributed by atoms with Crippen LogP contribution in [0, 0.1) is 0 Å². The summed E-state index contributed by atoms with van der Waals surface area (Å²) >= 11 is 3.23. The van der Waals surface area contributed by atoms with E-state index in [9.17, 15) is 4.79 Å². The first-order valence-corrected chi connectivity index (χ1v) is 6.74. The van der Waals surface area contributed by atoms with Crippen LogP contribution in [-0.4, -0.2) is 36.6 Å². The predicted molar refractivity (Wildman–Crippen MR) is 69.8 cm³/mol. The second-order valence-corrected chi connectivity index (χ2v) is 5.24. The first kappa shape index (κ1) is 13.6. The number of halogens is 1.